The number of carbonyl (C=O) groups excluding carboxylic acids is 1. The van der Waals surface area contributed by atoms with Crippen LogP contribution in [0.1, 0.15) is 11.1 Å². The van der Waals surface area contributed by atoms with Gasteiger partial charge in [-0.15, -0.1) is 0 Å². The van der Waals surface area contributed by atoms with Crippen LogP contribution < -0.4 is 10.2 Å². The van der Waals surface area contributed by atoms with E-state index < -0.39 is 23.4 Å². The van der Waals surface area contributed by atoms with E-state index in [-0.39, 0.29) is 23.4 Å². The summed E-state index contributed by atoms with van der Waals surface area (Å²) in [5.74, 6) is -1.39. The first-order valence-electron chi connectivity index (χ1n) is 7.55. The molecule has 10 heteroatoms. The summed E-state index contributed by atoms with van der Waals surface area (Å²) in [4.78, 5) is 33.0. The molecule has 1 amide bonds. The van der Waals surface area contributed by atoms with Gasteiger partial charge in [-0.1, -0.05) is 34.1 Å². The number of hydrogen-bond donors (Lipinski definition) is 2. The highest BCUT2D eigenvalue weighted by atomic mass is 79.9. The molecule has 27 heavy (non-hydrogen) atoms. The highest BCUT2D eigenvalue weighted by Gasteiger charge is 2.15. The first-order valence-corrected chi connectivity index (χ1v) is 8.34. The summed E-state index contributed by atoms with van der Waals surface area (Å²) in [6, 6.07) is 10.8. The number of halogens is 1. The lowest BCUT2D eigenvalue weighted by Crippen LogP contribution is -2.20. The Bertz CT molecular complexity index is 900. The fourth-order valence-corrected chi connectivity index (χ4v) is 2.49. The minimum atomic E-state index is -1.13. The molecule has 0 aliphatic heterocycles. The zero-order valence-electron chi connectivity index (χ0n) is 13.8. The van der Waals surface area contributed by atoms with Gasteiger partial charge in [-0.25, -0.2) is 10.2 Å². The number of rotatable bonds is 8. The van der Waals surface area contributed by atoms with Crippen LogP contribution in [-0.4, -0.2) is 34.7 Å². The molecule has 2 aromatic rings. The summed E-state index contributed by atoms with van der Waals surface area (Å²) in [5, 5.41) is 23.5. The molecule has 0 radical (unpaired) electrons. The lowest BCUT2D eigenvalue weighted by atomic mass is 10.1. The second kappa shape index (κ2) is 9.43. The third-order valence-electron chi connectivity index (χ3n) is 3.26. The van der Waals surface area contributed by atoms with Crippen molar-refractivity contribution < 1.29 is 24.4 Å². The zero-order valence-corrected chi connectivity index (χ0v) is 15.4. The van der Waals surface area contributed by atoms with Crippen LogP contribution in [0.15, 0.2) is 52.0 Å². The van der Waals surface area contributed by atoms with Gasteiger partial charge in [-0.2, -0.15) is 5.10 Å². The molecule has 0 saturated carbocycles. The average molecular weight is 436 g/mol. The zero-order chi connectivity index (χ0) is 19.8. The molecule has 0 unspecified atom stereocenters. The number of hydrogen-bond acceptors (Lipinski definition) is 6. The molecular formula is C17H14BrN3O6. The van der Waals surface area contributed by atoms with Gasteiger partial charge in [0.1, 0.15) is 5.75 Å². The van der Waals surface area contributed by atoms with Gasteiger partial charge < -0.3 is 9.84 Å². The molecule has 0 spiro atoms. The standard InChI is InChI=1S/C17H14BrN3O6/c18-13-5-6-15(27-10-17(23)24)12(7-13)9-19-20-16(22)8-11-3-1-2-4-14(11)21(25)26/h1-7,9H,8,10H2,(H,20,22)(H,23,24)/b19-9+. The molecule has 0 aromatic heterocycles. The number of para-hydroxylation sites is 1. The molecule has 0 saturated heterocycles. The van der Waals surface area contributed by atoms with Gasteiger partial charge in [0.15, 0.2) is 6.61 Å². The number of nitro benzene ring substituents is 1. The van der Waals surface area contributed by atoms with E-state index in [0.717, 1.165) is 0 Å². The highest BCUT2D eigenvalue weighted by molar-refractivity contribution is 9.10. The van der Waals surface area contributed by atoms with Crippen LogP contribution in [0, 0.1) is 10.1 Å². The summed E-state index contributed by atoms with van der Waals surface area (Å²) in [6.45, 7) is -0.521. The van der Waals surface area contributed by atoms with Crippen LogP contribution in [0.5, 0.6) is 5.75 Å². The fourth-order valence-electron chi connectivity index (χ4n) is 2.12. The minimum Gasteiger partial charge on any atom is -0.481 e. The largest absolute Gasteiger partial charge is 0.481 e. The van der Waals surface area contributed by atoms with Crippen LogP contribution in [0.4, 0.5) is 5.69 Å². The van der Waals surface area contributed by atoms with E-state index >= 15 is 0 Å². The van der Waals surface area contributed by atoms with E-state index in [9.17, 15) is 19.7 Å². The molecule has 2 aromatic carbocycles. The number of nitrogens with one attached hydrogen (secondary N) is 1. The maximum absolute atomic E-state index is 12.0. The Labute approximate surface area is 161 Å². The first kappa shape index (κ1) is 20.0. The molecule has 0 bridgehead atoms. The number of amides is 1. The van der Waals surface area contributed by atoms with E-state index in [2.05, 4.69) is 26.5 Å². The lowest BCUT2D eigenvalue weighted by Gasteiger charge is -2.07. The molecule has 2 rings (SSSR count). The van der Waals surface area contributed by atoms with Crippen molar-refractivity contribution in [3.8, 4) is 5.75 Å². The van der Waals surface area contributed by atoms with Crippen molar-refractivity contribution in [1.29, 1.82) is 0 Å². The van der Waals surface area contributed by atoms with Gasteiger partial charge in [-0.3, -0.25) is 14.9 Å². The van der Waals surface area contributed by atoms with Crippen LogP contribution in [0.25, 0.3) is 0 Å². The number of nitrogens with zero attached hydrogens (tertiary/aromatic N) is 2. The van der Waals surface area contributed by atoms with Gasteiger partial charge in [0.25, 0.3) is 5.69 Å². The quantitative estimate of drug-likeness (QED) is 0.372. The van der Waals surface area contributed by atoms with Crippen molar-refractivity contribution in [2.75, 3.05) is 6.61 Å². The number of carboxylic acids is 1. The lowest BCUT2D eigenvalue weighted by molar-refractivity contribution is -0.385. The molecule has 140 valence electrons. The molecule has 0 fully saturated rings. The molecule has 0 aliphatic rings. The van der Waals surface area contributed by atoms with E-state index in [0.29, 0.717) is 10.0 Å². The van der Waals surface area contributed by atoms with E-state index in [1.165, 1.54) is 24.4 Å². The Morgan fingerprint density at radius 1 is 1.30 bits per heavy atom. The second-order valence-corrected chi connectivity index (χ2v) is 6.14. The van der Waals surface area contributed by atoms with E-state index in [4.69, 9.17) is 9.84 Å². The summed E-state index contributed by atoms with van der Waals surface area (Å²) >= 11 is 3.28. The summed E-state index contributed by atoms with van der Waals surface area (Å²) < 4.78 is 5.86. The van der Waals surface area contributed by atoms with Crippen LogP contribution in [0.3, 0.4) is 0 Å². The van der Waals surface area contributed by atoms with E-state index in [1.54, 1.807) is 24.3 Å². The predicted octanol–water partition coefficient (Wildman–Crippen LogP) is 2.51. The molecule has 0 aliphatic carbocycles. The molecule has 2 N–H and O–H groups in total. The fraction of sp³-hybridized carbons (Fsp3) is 0.118. The molecule has 0 atom stereocenters. The summed E-state index contributed by atoms with van der Waals surface area (Å²) in [5.41, 5.74) is 2.84. The number of aliphatic carboxylic acids is 1. The number of hydrazone groups is 1. The number of benzene rings is 2. The second-order valence-electron chi connectivity index (χ2n) is 5.22. The summed E-state index contributed by atoms with van der Waals surface area (Å²) in [7, 11) is 0. The van der Waals surface area contributed by atoms with Gasteiger partial charge in [-0.05, 0) is 18.2 Å². The average Bonchev–Trinajstić information content (AvgIpc) is 2.61. The van der Waals surface area contributed by atoms with Crippen molar-refractivity contribution in [1.82, 2.24) is 5.43 Å². The Kier molecular flexibility index (Phi) is 7.00. The van der Waals surface area contributed by atoms with Crippen molar-refractivity contribution in [2.45, 2.75) is 6.42 Å². The Hall–Kier alpha value is -3.27. The molecule has 0 heterocycles. The summed E-state index contributed by atoms with van der Waals surface area (Å²) in [6.07, 6.45) is 1.08. The monoisotopic (exact) mass is 435 g/mol. The maximum atomic E-state index is 12.0. The predicted molar refractivity (Wildman–Crippen MR) is 99.8 cm³/mol. The Morgan fingerprint density at radius 3 is 2.74 bits per heavy atom. The van der Waals surface area contributed by atoms with Gasteiger partial charge >= 0.3 is 5.97 Å². The number of ether oxygens (including phenoxy) is 1. The number of carbonyl (C=O) groups is 2. The van der Waals surface area contributed by atoms with Gasteiger partial charge in [0.2, 0.25) is 5.91 Å². The van der Waals surface area contributed by atoms with Crippen molar-refractivity contribution in [3.63, 3.8) is 0 Å². The first-order chi connectivity index (χ1) is 12.9. The number of carboxylic acid groups (broad SMARTS) is 1. The van der Waals surface area contributed by atoms with Gasteiger partial charge in [0, 0.05) is 21.7 Å². The van der Waals surface area contributed by atoms with Crippen molar-refractivity contribution in [2.24, 2.45) is 5.10 Å². The third-order valence-corrected chi connectivity index (χ3v) is 3.75. The van der Waals surface area contributed by atoms with Gasteiger partial charge in [0.05, 0.1) is 17.6 Å². The van der Waals surface area contributed by atoms with Crippen molar-refractivity contribution in [3.05, 3.63) is 68.2 Å². The van der Waals surface area contributed by atoms with Crippen LogP contribution in [-0.2, 0) is 16.0 Å². The Balaban J connectivity index is 2.05. The minimum absolute atomic E-state index is 0.145. The SMILES string of the molecule is O=C(O)COc1ccc(Br)cc1/C=N/NC(=O)Cc1ccccc1[N+](=O)[O-]. The van der Waals surface area contributed by atoms with Crippen molar-refractivity contribution >= 4 is 39.7 Å². The third kappa shape index (κ3) is 6.19. The normalized spacial score (nSPS) is 10.6. The molecule has 9 nitrogen and oxygen atoms in total. The maximum Gasteiger partial charge on any atom is 0.341 e. The molecular weight excluding hydrogens is 422 g/mol. The number of nitro groups is 1. The van der Waals surface area contributed by atoms with E-state index in [1.807, 2.05) is 0 Å². The van der Waals surface area contributed by atoms with Crippen LogP contribution >= 0.6 is 15.9 Å². The van der Waals surface area contributed by atoms with Crippen LogP contribution in [0.2, 0.25) is 0 Å². The topological polar surface area (TPSA) is 131 Å². The Morgan fingerprint density at radius 2 is 2.04 bits per heavy atom. The highest BCUT2D eigenvalue weighted by Crippen LogP contribution is 2.22. The smallest absolute Gasteiger partial charge is 0.341 e.